The van der Waals surface area contributed by atoms with Crippen LogP contribution in [-0.4, -0.2) is 42.7 Å². The molecule has 2 aromatic heterocycles. The van der Waals surface area contributed by atoms with Crippen LogP contribution in [0.15, 0.2) is 47.6 Å². The van der Waals surface area contributed by atoms with E-state index in [0.717, 1.165) is 22.4 Å². The Balaban J connectivity index is 1.77. The molecule has 0 radical (unpaired) electrons. The van der Waals surface area contributed by atoms with Gasteiger partial charge in [0, 0.05) is 25.9 Å². The molecule has 3 aromatic rings. The largest absolute Gasteiger partial charge is 0.383 e. The van der Waals surface area contributed by atoms with E-state index in [1.165, 1.54) is 0 Å². The number of ether oxygens (including phenoxy) is 1. The molecule has 0 unspecified atom stereocenters. The number of nitrogens with one attached hydrogen (secondary N) is 1. The maximum atomic E-state index is 12.8. The molecule has 0 aliphatic carbocycles. The molecule has 1 atom stereocenters. The zero-order valence-corrected chi connectivity index (χ0v) is 18.1. The van der Waals surface area contributed by atoms with Crippen molar-refractivity contribution in [3.8, 4) is 0 Å². The molecule has 8 heteroatoms. The van der Waals surface area contributed by atoms with Gasteiger partial charge in [-0.3, -0.25) is 4.98 Å². The number of fused-ring (bicyclic) bond motifs is 1. The Hall–Kier alpha value is -2.29. The van der Waals surface area contributed by atoms with Crippen molar-refractivity contribution in [2.75, 3.05) is 13.7 Å². The van der Waals surface area contributed by atoms with Crippen LogP contribution in [0.4, 0.5) is 0 Å². The molecule has 7 nitrogen and oxygen atoms in total. The molecule has 29 heavy (non-hydrogen) atoms. The Kier molecular flexibility index (Phi) is 6.66. The van der Waals surface area contributed by atoms with Crippen molar-refractivity contribution in [3.63, 3.8) is 0 Å². The number of benzene rings is 1. The first-order valence-corrected chi connectivity index (χ1v) is 11.2. The van der Waals surface area contributed by atoms with Gasteiger partial charge < -0.3 is 9.30 Å². The Bertz CT molecular complexity index is 1060. The highest BCUT2D eigenvalue weighted by atomic mass is 32.2. The standard InChI is InChI=1S/C21H28N4O3S/c1-15(2)11-18(14-28-4)24-29(26,27)19-7-5-17(6-8-19)13-25-16(3)23-20-12-22-10-9-21(20)25/h5-10,12,15,18,24H,11,13-14H2,1-4H3/t18-/m0/s1. The van der Waals surface area contributed by atoms with E-state index in [4.69, 9.17) is 4.74 Å². The van der Waals surface area contributed by atoms with E-state index < -0.39 is 10.0 Å². The summed E-state index contributed by atoms with van der Waals surface area (Å²) < 4.78 is 35.6. The quantitative estimate of drug-likeness (QED) is 0.579. The molecule has 0 aliphatic heterocycles. The molecule has 1 N–H and O–H groups in total. The lowest BCUT2D eigenvalue weighted by Gasteiger charge is -2.20. The third-order valence-corrected chi connectivity index (χ3v) is 6.30. The lowest BCUT2D eigenvalue weighted by molar-refractivity contribution is 0.166. The Morgan fingerprint density at radius 3 is 2.55 bits per heavy atom. The maximum absolute atomic E-state index is 12.8. The van der Waals surface area contributed by atoms with Crippen LogP contribution in [0, 0.1) is 12.8 Å². The average molecular weight is 417 g/mol. The van der Waals surface area contributed by atoms with Gasteiger partial charge in [-0.1, -0.05) is 26.0 Å². The SMILES string of the molecule is COC[C@H](CC(C)C)NS(=O)(=O)c1ccc(Cn2c(C)nc3cnccc32)cc1. The fourth-order valence-electron chi connectivity index (χ4n) is 3.47. The highest BCUT2D eigenvalue weighted by molar-refractivity contribution is 7.89. The summed E-state index contributed by atoms with van der Waals surface area (Å²) in [7, 11) is -2.03. The minimum Gasteiger partial charge on any atom is -0.383 e. The van der Waals surface area contributed by atoms with Crippen LogP contribution in [0.2, 0.25) is 0 Å². The summed E-state index contributed by atoms with van der Waals surface area (Å²) in [5, 5.41) is 0. The van der Waals surface area contributed by atoms with Crippen LogP contribution in [0.5, 0.6) is 0 Å². The summed E-state index contributed by atoms with van der Waals surface area (Å²) in [6, 6.07) is 8.66. The first kappa shape index (κ1) is 21.4. The number of pyridine rings is 1. The Labute approximate surface area is 172 Å². The molecule has 0 bridgehead atoms. The number of sulfonamides is 1. The third kappa shape index (κ3) is 5.20. The smallest absolute Gasteiger partial charge is 0.240 e. The van der Waals surface area contributed by atoms with Crippen LogP contribution in [0.1, 0.15) is 31.7 Å². The van der Waals surface area contributed by atoms with Gasteiger partial charge in [0.25, 0.3) is 0 Å². The van der Waals surface area contributed by atoms with E-state index in [0.29, 0.717) is 25.5 Å². The van der Waals surface area contributed by atoms with Crippen molar-refractivity contribution in [2.24, 2.45) is 5.92 Å². The summed E-state index contributed by atoms with van der Waals surface area (Å²) in [5.41, 5.74) is 2.86. The lowest BCUT2D eigenvalue weighted by atomic mass is 10.1. The lowest BCUT2D eigenvalue weighted by Crippen LogP contribution is -2.38. The minimum absolute atomic E-state index is 0.252. The number of rotatable bonds is 9. The molecule has 2 heterocycles. The number of hydrogen-bond acceptors (Lipinski definition) is 5. The van der Waals surface area contributed by atoms with E-state index in [2.05, 4.69) is 33.1 Å². The highest BCUT2D eigenvalue weighted by Crippen LogP contribution is 2.18. The van der Waals surface area contributed by atoms with Gasteiger partial charge in [-0.05, 0) is 43.0 Å². The van der Waals surface area contributed by atoms with Gasteiger partial charge in [-0.2, -0.15) is 0 Å². The summed E-state index contributed by atoms with van der Waals surface area (Å²) in [6.45, 7) is 7.03. The van der Waals surface area contributed by atoms with Gasteiger partial charge in [-0.25, -0.2) is 18.1 Å². The molecule has 0 saturated heterocycles. The summed E-state index contributed by atoms with van der Waals surface area (Å²) >= 11 is 0. The van der Waals surface area contributed by atoms with Crippen molar-refractivity contribution in [1.29, 1.82) is 0 Å². The average Bonchev–Trinajstić information content (AvgIpc) is 2.97. The molecule has 0 aliphatic rings. The van der Waals surface area contributed by atoms with Gasteiger partial charge in [-0.15, -0.1) is 0 Å². The molecule has 0 amide bonds. The summed E-state index contributed by atoms with van der Waals surface area (Å²) in [5.74, 6) is 1.26. The van der Waals surface area contributed by atoms with Crippen molar-refractivity contribution < 1.29 is 13.2 Å². The van der Waals surface area contributed by atoms with Gasteiger partial charge in [0.15, 0.2) is 0 Å². The zero-order chi connectivity index (χ0) is 21.0. The van der Waals surface area contributed by atoms with Crippen molar-refractivity contribution >= 4 is 21.1 Å². The normalized spacial score (nSPS) is 13.3. The van der Waals surface area contributed by atoms with Crippen molar-refractivity contribution in [2.45, 2.75) is 44.7 Å². The van der Waals surface area contributed by atoms with E-state index in [-0.39, 0.29) is 10.9 Å². The van der Waals surface area contributed by atoms with E-state index in [1.807, 2.05) is 25.1 Å². The fraction of sp³-hybridized carbons (Fsp3) is 0.429. The van der Waals surface area contributed by atoms with Gasteiger partial charge in [0.2, 0.25) is 10.0 Å². The topological polar surface area (TPSA) is 86.1 Å². The first-order valence-electron chi connectivity index (χ1n) is 9.67. The monoisotopic (exact) mass is 416 g/mol. The number of nitrogens with zero attached hydrogens (tertiary/aromatic N) is 3. The Morgan fingerprint density at radius 2 is 1.90 bits per heavy atom. The van der Waals surface area contributed by atoms with Crippen LogP contribution in [0.3, 0.4) is 0 Å². The van der Waals surface area contributed by atoms with E-state index in [1.54, 1.807) is 31.6 Å². The van der Waals surface area contributed by atoms with Crippen molar-refractivity contribution in [3.05, 3.63) is 54.1 Å². The second-order valence-electron chi connectivity index (χ2n) is 7.66. The minimum atomic E-state index is -3.61. The molecule has 1 aromatic carbocycles. The number of imidazole rings is 1. The molecule has 0 fully saturated rings. The number of aromatic nitrogens is 3. The Morgan fingerprint density at radius 1 is 1.17 bits per heavy atom. The van der Waals surface area contributed by atoms with Crippen LogP contribution in [0.25, 0.3) is 11.0 Å². The molecule has 0 spiro atoms. The first-order chi connectivity index (χ1) is 13.8. The van der Waals surface area contributed by atoms with Gasteiger partial charge in [0.05, 0.1) is 23.2 Å². The summed E-state index contributed by atoms with van der Waals surface area (Å²) in [4.78, 5) is 8.88. The maximum Gasteiger partial charge on any atom is 0.240 e. The highest BCUT2D eigenvalue weighted by Gasteiger charge is 2.21. The van der Waals surface area contributed by atoms with Crippen molar-refractivity contribution in [1.82, 2.24) is 19.3 Å². The van der Waals surface area contributed by atoms with Gasteiger partial charge >= 0.3 is 0 Å². The van der Waals surface area contributed by atoms with E-state index >= 15 is 0 Å². The van der Waals surface area contributed by atoms with Crippen LogP contribution < -0.4 is 4.72 Å². The molecule has 3 rings (SSSR count). The van der Waals surface area contributed by atoms with E-state index in [9.17, 15) is 8.42 Å². The number of methoxy groups -OCH3 is 1. The predicted molar refractivity (Wildman–Crippen MR) is 113 cm³/mol. The number of hydrogen-bond donors (Lipinski definition) is 1. The summed E-state index contributed by atoms with van der Waals surface area (Å²) in [6.07, 6.45) is 4.20. The molecule has 0 saturated carbocycles. The molecular formula is C21H28N4O3S. The fourth-order valence-corrected chi connectivity index (χ4v) is 4.70. The van der Waals surface area contributed by atoms with Gasteiger partial charge in [0.1, 0.15) is 11.3 Å². The second kappa shape index (κ2) is 9.02. The van der Waals surface area contributed by atoms with Crippen LogP contribution in [-0.2, 0) is 21.3 Å². The third-order valence-electron chi connectivity index (χ3n) is 4.76. The molecular weight excluding hydrogens is 388 g/mol. The molecule has 156 valence electrons. The second-order valence-corrected chi connectivity index (χ2v) is 9.37. The predicted octanol–water partition coefficient (Wildman–Crippen LogP) is 3.13. The number of aryl methyl sites for hydroxylation is 1. The zero-order valence-electron chi connectivity index (χ0n) is 17.3. The van der Waals surface area contributed by atoms with Crippen LogP contribution >= 0.6 is 0 Å².